The van der Waals surface area contributed by atoms with E-state index in [4.69, 9.17) is 5.73 Å². The minimum atomic E-state index is -0.107. The molecule has 0 amide bonds. The summed E-state index contributed by atoms with van der Waals surface area (Å²) in [4.78, 5) is 11.8. The lowest BCUT2D eigenvalue weighted by Gasteiger charge is -2.14. The molecule has 0 saturated heterocycles. The molecule has 0 aromatic carbocycles. The Hall–Kier alpha value is -1.20. The highest BCUT2D eigenvalue weighted by Gasteiger charge is 2.19. The third kappa shape index (κ3) is 2.92. The molecule has 4 nitrogen and oxygen atoms in total. The lowest BCUT2D eigenvalue weighted by atomic mass is 9.93. The molecule has 1 unspecified atom stereocenters. The first kappa shape index (κ1) is 12.3. The van der Waals surface area contributed by atoms with Gasteiger partial charge in [0, 0.05) is 29.6 Å². The van der Waals surface area contributed by atoms with Gasteiger partial charge in [0.1, 0.15) is 5.82 Å². The van der Waals surface area contributed by atoms with Crippen molar-refractivity contribution in [2.45, 2.75) is 38.6 Å². The largest absolute Gasteiger partial charge is 0.347 e. The lowest BCUT2D eigenvalue weighted by Crippen LogP contribution is -2.16. The molecular weight excluding hydrogens is 232 g/mol. The molecule has 0 bridgehead atoms. The van der Waals surface area contributed by atoms with Crippen LogP contribution in [0.5, 0.6) is 0 Å². The maximum absolute atomic E-state index is 6.06. The number of hydrogen-bond acceptors (Lipinski definition) is 4. The van der Waals surface area contributed by atoms with Crippen molar-refractivity contribution in [3.8, 4) is 0 Å². The third-order valence-electron chi connectivity index (χ3n) is 2.59. The number of rotatable bonds is 3. The van der Waals surface area contributed by atoms with Crippen LogP contribution in [0.2, 0.25) is 0 Å². The fourth-order valence-corrected chi connectivity index (χ4v) is 2.59. The van der Waals surface area contributed by atoms with Gasteiger partial charge in [-0.15, -0.1) is 11.3 Å². The van der Waals surface area contributed by atoms with Crippen molar-refractivity contribution in [2.24, 2.45) is 5.73 Å². The van der Waals surface area contributed by atoms with Gasteiger partial charge in [0.05, 0.1) is 16.7 Å². The Bertz CT molecular complexity index is 467. The number of hydrogen-bond donors (Lipinski definition) is 2. The minimum Gasteiger partial charge on any atom is -0.347 e. The van der Waals surface area contributed by atoms with E-state index in [9.17, 15) is 0 Å². The van der Waals surface area contributed by atoms with Gasteiger partial charge in [-0.05, 0) is 0 Å². The summed E-state index contributed by atoms with van der Waals surface area (Å²) in [6.45, 7) is 6.49. The van der Waals surface area contributed by atoms with Gasteiger partial charge in [-0.1, -0.05) is 20.8 Å². The smallest absolute Gasteiger partial charge is 0.123 e. The van der Waals surface area contributed by atoms with E-state index in [2.05, 4.69) is 41.1 Å². The van der Waals surface area contributed by atoms with Crippen LogP contribution in [0.25, 0.3) is 0 Å². The average Bonchev–Trinajstić information content (AvgIpc) is 2.85. The number of imidazole rings is 1. The van der Waals surface area contributed by atoms with Gasteiger partial charge < -0.3 is 10.7 Å². The molecule has 0 radical (unpaired) electrons. The van der Waals surface area contributed by atoms with E-state index in [1.807, 2.05) is 0 Å². The summed E-state index contributed by atoms with van der Waals surface area (Å²) in [5.74, 6) is 0.817. The molecule has 92 valence electrons. The number of nitrogens with one attached hydrogen (secondary N) is 1. The number of nitrogens with zero attached hydrogens (tertiary/aromatic N) is 2. The Kier molecular flexibility index (Phi) is 3.31. The summed E-state index contributed by atoms with van der Waals surface area (Å²) >= 11 is 1.67. The number of thiazole rings is 1. The maximum Gasteiger partial charge on any atom is 0.123 e. The Morgan fingerprint density at radius 1 is 1.47 bits per heavy atom. The molecule has 0 fully saturated rings. The van der Waals surface area contributed by atoms with Gasteiger partial charge in [-0.3, -0.25) is 0 Å². The van der Waals surface area contributed by atoms with Crippen LogP contribution in [0.3, 0.4) is 0 Å². The van der Waals surface area contributed by atoms with Gasteiger partial charge in [0.2, 0.25) is 0 Å². The topological polar surface area (TPSA) is 67.6 Å². The van der Waals surface area contributed by atoms with E-state index in [0.29, 0.717) is 0 Å². The fraction of sp³-hybridized carbons (Fsp3) is 0.500. The Labute approximate surface area is 105 Å². The van der Waals surface area contributed by atoms with Gasteiger partial charge in [0.15, 0.2) is 0 Å². The second kappa shape index (κ2) is 4.58. The zero-order chi connectivity index (χ0) is 12.5. The van der Waals surface area contributed by atoms with E-state index in [1.165, 1.54) is 0 Å². The number of aromatic nitrogens is 3. The molecule has 17 heavy (non-hydrogen) atoms. The van der Waals surface area contributed by atoms with Gasteiger partial charge in [-0.2, -0.15) is 0 Å². The average molecular weight is 250 g/mol. The van der Waals surface area contributed by atoms with Crippen LogP contribution >= 0.6 is 11.3 Å². The summed E-state index contributed by atoms with van der Waals surface area (Å²) in [7, 11) is 0. The molecule has 2 aromatic heterocycles. The fourth-order valence-electron chi connectivity index (χ4n) is 1.51. The van der Waals surface area contributed by atoms with E-state index < -0.39 is 0 Å². The molecule has 2 heterocycles. The molecule has 0 saturated carbocycles. The van der Waals surface area contributed by atoms with Crippen LogP contribution in [-0.4, -0.2) is 15.0 Å². The number of aromatic amines is 1. The summed E-state index contributed by atoms with van der Waals surface area (Å²) in [5.41, 5.74) is 7.29. The maximum atomic E-state index is 6.06. The Morgan fingerprint density at radius 2 is 2.24 bits per heavy atom. The highest BCUT2D eigenvalue weighted by Crippen LogP contribution is 2.25. The molecule has 3 N–H and O–H groups in total. The van der Waals surface area contributed by atoms with E-state index in [1.54, 1.807) is 23.7 Å². The van der Waals surface area contributed by atoms with Crippen molar-refractivity contribution < 1.29 is 0 Å². The molecule has 0 aliphatic heterocycles. The molecule has 0 aliphatic rings. The van der Waals surface area contributed by atoms with E-state index in [0.717, 1.165) is 22.9 Å². The van der Waals surface area contributed by atoms with Crippen molar-refractivity contribution in [1.29, 1.82) is 0 Å². The zero-order valence-electron chi connectivity index (χ0n) is 10.4. The first-order valence-electron chi connectivity index (χ1n) is 5.66. The van der Waals surface area contributed by atoms with Gasteiger partial charge in [0.25, 0.3) is 0 Å². The predicted molar refractivity (Wildman–Crippen MR) is 70.0 cm³/mol. The highest BCUT2D eigenvalue weighted by molar-refractivity contribution is 7.09. The molecule has 2 rings (SSSR count). The van der Waals surface area contributed by atoms with E-state index >= 15 is 0 Å². The summed E-state index contributed by atoms with van der Waals surface area (Å²) < 4.78 is 0. The SMILES string of the molecule is CC(C)(C)c1csc(CC(N)c2ncc[nH]2)n1. The first-order chi connectivity index (χ1) is 7.97. The normalized spacial score (nSPS) is 13.9. The monoisotopic (exact) mass is 250 g/mol. The zero-order valence-corrected chi connectivity index (χ0v) is 11.2. The Balaban J connectivity index is 2.07. The predicted octanol–water partition coefficient (Wildman–Crippen LogP) is 2.41. The van der Waals surface area contributed by atoms with Gasteiger partial charge in [-0.25, -0.2) is 9.97 Å². The molecule has 1 atom stereocenters. The quantitative estimate of drug-likeness (QED) is 0.879. The summed E-state index contributed by atoms with van der Waals surface area (Å²) in [6, 6.07) is -0.107. The van der Waals surface area contributed by atoms with Crippen molar-refractivity contribution >= 4 is 11.3 Å². The minimum absolute atomic E-state index is 0.101. The van der Waals surface area contributed by atoms with Crippen molar-refractivity contribution in [3.05, 3.63) is 34.3 Å². The summed E-state index contributed by atoms with van der Waals surface area (Å²) in [6.07, 6.45) is 4.24. The van der Waals surface area contributed by atoms with Crippen LogP contribution in [-0.2, 0) is 11.8 Å². The van der Waals surface area contributed by atoms with Crippen LogP contribution in [0, 0.1) is 0 Å². The van der Waals surface area contributed by atoms with Crippen molar-refractivity contribution in [1.82, 2.24) is 15.0 Å². The highest BCUT2D eigenvalue weighted by atomic mass is 32.1. The second-order valence-electron chi connectivity index (χ2n) is 5.16. The number of nitrogens with two attached hydrogens (primary N) is 1. The molecule has 0 spiro atoms. The van der Waals surface area contributed by atoms with Gasteiger partial charge >= 0.3 is 0 Å². The van der Waals surface area contributed by atoms with Crippen molar-refractivity contribution in [2.75, 3.05) is 0 Å². The van der Waals surface area contributed by atoms with Crippen molar-refractivity contribution in [3.63, 3.8) is 0 Å². The second-order valence-corrected chi connectivity index (χ2v) is 6.10. The third-order valence-corrected chi connectivity index (χ3v) is 3.46. The molecular formula is C12H18N4S. The standard InChI is InChI=1S/C12H18N4S/c1-12(2,3)9-7-17-10(16-9)6-8(13)11-14-4-5-15-11/h4-5,7-8H,6,13H2,1-3H3,(H,14,15). The van der Waals surface area contributed by atoms with Crippen LogP contribution in [0.15, 0.2) is 17.8 Å². The number of H-pyrrole nitrogens is 1. The van der Waals surface area contributed by atoms with Crippen LogP contribution < -0.4 is 5.73 Å². The molecule has 2 aromatic rings. The van der Waals surface area contributed by atoms with E-state index in [-0.39, 0.29) is 11.5 Å². The summed E-state index contributed by atoms with van der Waals surface area (Å²) in [5, 5.41) is 3.18. The lowest BCUT2D eigenvalue weighted by molar-refractivity contribution is 0.568. The first-order valence-corrected chi connectivity index (χ1v) is 6.54. The van der Waals surface area contributed by atoms with Crippen LogP contribution in [0.1, 0.15) is 43.3 Å². The Morgan fingerprint density at radius 3 is 2.76 bits per heavy atom. The van der Waals surface area contributed by atoms with Crippen LogP contribution in [0.4, 0.5) is 0 Å². The molecule has 0 aliphatic carbocycles. The molecule has 5 heteroatoms.